The summed E-state index contributed by atoms with van der Waals surface area (Å²) < 4.78 is 36.0. The lowest BCUT2D eigenvalue weighted by Crippen LogP contribution is -2.44. The number of hydrogen-bond acceptors (Lipinski definition) is 8. The first-order valence-corrected chi connectivity index (χ1v) is 17.2. The van der Waals surface area contributed by atoms with Gasteiger partial charge >= 0.3 is 6.01 Å². The number of aryl methyl sites for hydroxylation is 1. The van der Waals surface area contributed by atoms with Crippen LogP contribution in [0.3, 0.4) is 0 Å². The van der Waals surface area contributed by atoms with Gasteiger partial charge in [0.15, 0.2) is 0 Å². The van der Waals surface area contributed by atoms with Gasteiger partial charge in [-0.15, -0.1) is 0 Å². The summed E-state index contributed by atoms with van der Waals surface area (Å²) in [6.45, 7) is 6.00. The molecule has 9 nitrogen and oxygen atoms in total. The lowest BCUT2D eigenvalue weighted by molar-refractivity contribution is -0.132. The maximum absolute atomic E-state index is 15.0. The van der Waals surface area contributed by atoms with Gasteiger partial charge in [-0.25, -0.2) is 8.78 Å². The highest BCUT2D eigenvalue weighted by Gasteiger charge is 2.49. The molecule has 47 heavy (non-hydrogen) atoms. The van der Waals surface area contributed by atoms with Crippen molar-refractivity contribution in [2.75, 3.05) is 63.2 Å². The fraction of sp³-hybridized carbons (Fsp3) is 0.583. The molecule has 4 aliphatic heterocycles. The number of benzene rings is 2. The van der Waals surface area contributed by atoms with Crippen molar-refractivity contribution < 1.29 is 23.4 Å². The van der Waals surface area contributed by atoms with Crippen LogP contribution in [0, 0.1) is 11.7 Å². The number of halogens is 2. The molecular formula is C36H46F2N6O3. The standard InChI is InChI=1S/C36H46F2N6O3/c1-4-27-29(38)10-9-23-16-26(45)17-31(32(23)27)42-15-11-28-30(21-42)39-35(47-22-36-12-7-14-44(36)20-25(37)18-36)40-33(28)43-13-6-5-8-24(19-43)34(46)41(2)3/h9-10,16-17,24-25,45H,4-8,11-15,18-22H2,1-3H3/t24?,25-,36+/m1/s1. The largest absolute Gasteiger partial charge is 0.508 e. The first kappa shape index (κ1) is 31.8. The number of aromatic nitrogens is 2. The smallest absolute Gasteiger partial charge is 0.318 e. The molecule has 7 rings (SSSR count). The number of alkyl halides is 1. The molecule has 1 aromatic heterocycles. The molecule has 0 spiro atoms. The zero-order valence-electron chi connectivity index (χ0n) is 27.8. The molecule has 1 unspecified atom stereocenters. The average Bonchev–Trinajstić information content (AvgIpc) is 3.46. The Hall–Kier alpha value is -3.73. The number of amides is 1. The van der Waals surface area contributed by atoms with Crippen LogP contribution in [0.15, 0.2) is 24.3 Å². The number of phenolic OH excluding ortho intramolecular Hbond substituents is 1. The first-order chi connectivity index (χ1) is 22.7. The molecule has 1 N–H and O–H groups in total. The van der Waals surface area contributed by atoms with Crippen LogP contribution in [0.1, 0.15) is 62.3 Å². The van der Waals surface area contributed by atoms with E-state index in [2.05, 4.69) is 14.7 Å². The minimum absolute atomic E-state index is 0.125. The van der Waals surface area contributed by atoms with Crippen molar-refractivity contribution >= 4 is 28.2 Å². The highest BCUT2D eigenvalue weighted by atomic mass is 19.1. The van der Waals surface area contributed by atoms with Crippen LogP contribution in [-0.2, 0) is 24.2 Å². The van der Waals surface area contributed by atoms with Crippen LogP contribution < -0.4 is 14.5 Å². The van der Waals surface area contributed by atoms with E-state index < -0.39 is 6.17 Å². The molecule has 5 heterocycles. The zero-order chi connectivity index (χ0) is 32.9. The van der Waals surface area contributed by atoms with E-state index in [1.54, 1.807) is 23.1 Å². The summed E-state index contributed by atoms with van der Waals surface area (Å²) in [6.07, 6.45) is 5.43. The molecule has 3 aromatic rings. The second-order valence-electron chi connectivity index (χ2n) is 14.1. The number of carbonyl (C=O) groups is 1. The van der Waals surface area contributed by atoms with Crippen LogP contribution >= 0.6 is 0 Å². The molecule has 0 bridgehead atoms. The van der Waals surface area contributed by atoms with Gasteiger partial charge in [0.05, 0.1) is 23.7 Å². The van der Waals surface area contributed by atoms with Crippen LogP contribution in [0.4, 0.5) is 20.3 Å². The van der Waals surface area contributed by atoms with Gasteiger partial charge in [0.25, 0.3) is 0 Å². The van der Waals surface area contributed by atoms with Crippen molar-refractivity contribution in [1.82, 2.24) is 19.8 Å². The molecule has 3 atom stereocenters. The molecule has 3 saturated heterocycles. The van der Waals surface area contributed by atoms with E-state index in [-0.39, 0.29) is 34.9 Å². The van der Waals surface area contributed by atoms with E-state index >= 15 is 4.39 Å². The van der Waals surface area contributed by atoms with Gasteiger partial charge in [-0.1, -0.05) is 19.4 Å². The number of phenols is 1. The number of fused-ring (bicyclic) bond motifs is 3. The monoisotopic (exact) mass is 648 g/mol. The average molecular weight is 649 g/mol. The second-order valence-corrected chi connectivity index (χ2v) is 14.1. The quantitative estimate of drug-likeness (QED) is 0.372. The molecule has 252 valence electrons. The Morgan fingerprint density at radius 2 is 1.96 bits per heavy atom. The molecular weight excluding hydrogens is 602 g/mol. The van der Waals surface area contributed by atoms with Crippen molar-refractivity contribution in [1.29, 1.82) is 0 Å². The molecule has 0 radical (unpaired) electrons. The highest BCUT2D eigenvalue weighted by Crippen LogP contribution is 2.42. The van der Waals surface area contributed by atoms with Crippen LogP contribution in [-0.4, -0.2) is 95.9 Å². The van der Waals surface area contributed by atoms with E-state index in [4.69, 9.17) is 14.7 Å². The SMILES string of the molecule is CCc1c(F)ccc2cc(O)cc(N3CCc4c(nc(OC[C@@]56CCCN5C[C@H](F)C6)nc4N4CCCCC(C(=O)N(C)C)C4)C3)c12. The molecule has 11 heteroatoms. The van der Waals surface area contributed by atoms with Gasteiger partial charge in [-0.3, -0.25) is 9.69 Å². The van der Waals surface area contributed by atoms with Crippen LogP contribution in [0.2, 0.25) is 0 Å². The third-order valence-corrected chi connectivity index (χ3v) is 10.8. The van der Waals surface area contributed by atoms with E-state index in [1.807, 2.05) is 21.0 Å². The Bertz CT molecular complexity index is 1670. The van der Waals surface area contributed by atoms with E-state index in [0.717, 1.165) is 78.7 Å². The lowest BCUT2D eigenvalue weighted by atomic mass is 9.95. The van der Waals surface area contributed by atoms with Gasteiger partial charge in [0.2, 0.25) is 5.91 Å². The first-order valence-electron chi connectivity index (χ1n) is 17.2. The third kappa shape index (κ3) is 5.96. The fourth-order valence-electron chi connectivity index (χ4n) is 8.54. The molecule has 3 fully saturated rings. The van der Waals surface area contributed by atoms with Gasteiger partial charge in [0.1, 0.15) is 30.2 Å². The second kappa shape index (κ2) is 12.7. The number of carbonyl (C=O) groups excluding carboxylic acids is 1. The number of rotatable bonds is 7. The van der Waals surface area contributed by atoms with Crippen molar-refractivity contribution in [2.24, 2.45) is 5.92 Å². The fourth-order valence-corrected chi connectivity index (χ4v) is 8.54. The Balaban J connectivity index is 1.27. The van der Waals surface area contributed by atoms with Gasteiger partial charge in [-0.2, -0.15) is 9.97 Å². The summed E-state index contributed by atoms with van der Waals surface area (Å²) >= 11 is 0. The van der Waals surface area contributed by atoms with Gasteiger partial charge in [-0.05, 0) is 68.2 Å². The number of nitrogens with zero attached hydrogens (tertiary/aromatic N) is 6. The summed E-state index contributed by atoms with van der Waals surface area (Å²) in [4.78, 5) is 31.4. The Labute approximate surface area is 275 Å². The molecule has 0 saturated carbocycles. The Kier molecular flexibility index (Phi) is 8.61. The normalized spacial score (nSPS) is 24.7. The predicted molar refractivity (Wildman–Crippen MR) is 179 cm³/mol. The third-order valence-electron chi connectivity index (χ3n) is 10.8. The lowest BCUT2D eigenvalue weighted by Gasteiger charge is -2.35. The Morgan fingerprint density at radius 1 is 1.11 bits per heavy atom. The summed E-state index contributed by atoms with van der Waals surface area (Å²) in [5.41, 5.74) is 2.91. The number of ether oxygens (including phenoxy) is 1. The highest BCUT2D eigenvalue weighted by molar-refractivity contribution is 5.98. The summed E-state index contributed by atoms with van der Waals surface area (Å²) in [7, 11) is 3.62. The van der Waals surface area contributed by atoms with E-state index in [1.165, 1.54) is 6.07 Å². The van der Waals surface area contributed by atoms with Crippen molar-refractivity contribution in [2.45, 2.75) is 76.5 Å². The zero-order valence-corrected chi connectivity index (χ0v) is 27.8. The number of hydrogen-bond donors (Lipinski definition) is 1. The minimum atomic E-state index is -0.856. The maximum atomic E-state index is 15.0. The van der Waals surface area contributed by atoms with Crippen LogP contribution in [0.5, 0.6) is 11.8 Å². The topological polar surface area (TPSA) is 85.3 Å². The van der Waals surface area contributed by atoms with E-state index in [9.17, 15) is 14.3 Å². The molecule has 4 aliphatic rings. The van der Waals surface area contributed by atoms with Crippen molar-refractivity contribution in [3.05, 3.63) is 46.9 Å². The predicted octanol–water partition coefficient (Wildman–Crippen LogP) is 5.25. The number of anilines is 2. The van der Waals surface area contributed by atoms with Gasteiger partial charge in [0, 0.05) is 69.4 Å². The van der Waals surface area contributed by atoms with Crippen molar-refractivity contribution in [3.63, 3.8) is 0 Å². The van der Waals surface area contributed by atoms with Crippen molar-refractivity contribution in [3.8, 4) is 11.8 Å². The Morgan fingerprint density at radius 3 is 2.77 bits per heavy atom. The molecule has 0 aliphatic carbocycles. The molecule has 1 amide bonds. The van der Waals surface area contributed by atoms with E-state index in [0.29, 0.717) is 57.6 Å². The summed E-state index contributed by atoms with van der Waals surface area (Å²) in [5.74, 6) is 0.674. The maximum Gasteiger partial charge on any atom is 0.318 e. The minimum Gasteiger partial charge on any atom is -0.508 e. The summed E-state index contributed by atoms with van der Waals surface area (Å²) in [5, 5.41) is 12.3. The number of aromatic hydroxyl groups is 1. The molecule has 2 aromatic carbocycles. The van der Waals surface area contributed by atoms with Gasteiger partial charge < -0.3 is 24.5 Å². The van der Waals surface area contributed by atoms with Crippen LogP contribution in [0.25, 0.3) is 10.8 Å². The summed E-state index contributed by atoms with van der Waals surface area (Å²) in [6, 6.07) is 6.86.